The molecule has 1 aliphatic rings. The van der Waals surface area contributed by atoms with Crippen LogP contribution in [0, 0.1) is 0 Å². The Kier molecular flexibility index (Phi) is 5.74. The highest BCUT2D eigenvalue weighted by molar-refractivity contribution is 5.83. The molecule has 2 aromatic carbocycles. The third-order valence-corrected chi connectivity index (χ3v) is 5.88. The average Bonchev–Trinajstić information content (AvgIpc) is 3.41. The maximum atomic E-state index is 13.0. The lowest BCUT2D eigenvalue weighted by Gasteiger charge is -2.26. The van der Waals surface area contributed by atoms with Gasteiger partial charge in [-0.05, 0) is 55.0 Å². The number of nitrogens with one attached hydrogen (secondary N) is 1. The molecular weight excluding hydrogens is 364 g/mol. The highest BCUT2D eigenvalue weighted by Gasteiger charge is 2.30. The fraction of sp³-hybridized carbons (Fsp3) is 0.375. The van der Waals surface area contributed by atoms with E-state index in [2.05, 4.69) is 29.4 Å². The van der Waals surface area contributed by atoms with E-state index < -0.39 is 0 Å². The number of amides is 1. The lowest BCUT2D eigenvalue weighted by molar-refractivity contribution is -0.132. The summed E-state index contributed by atoms with van der Waals surface area (Å²) in [7, 11) is 3.28. The van der Waals surface area contributed by atoms with Crippen molar-refractivity contribution in [2.24, 2.45) is 0 Å². The Morgan fingerprint density at radius 3 is 2.79 bits per heavy atom. The molecule has 1 N–H and O–H groups in total. The number of hydrogen-bond acceptors (Lipinski definition) is 3. The fourth-order valence-corrected chi connectivity index (χ4v) is 4.38. The molecule has 1 atom stereocenters. The van der Waals surface area contributed by atoms with E-state index >= 15 is 0 Å². The van der Waals surface area contributed by atoms with Crippen LogP contribution in [-0.4, -0.2) is 36.6 Å². The fourth-order valence-electron chi connectivity index (χ4n) is 4.38. The first-order valence-corrected chi connectivity index (χ1v) is 10.3. The van der Waals surface area contributed by atoms with E-state index in [0.29, 0.717) is 17.9 Å². The van der Waals surface area contributed by atoms with Gasteiger partial charge in [-0.1, -0.05) is 24.3 Å². The van der Waals surface area contributed by atoms with E-state index in [1.54, 1.807) is 14.2 Å². The number of para-hydroxylation sites is 1. The summed E-state index contributed by atoms with van der Waals surface area (Å²) in [5, 5.41) is 1.25. The minimum absolute atomic E-state index is 0.121. The van der Waals surface area contributed by atoms with Crippen molar-refractivity contribution in [1.82, 2.24) is 9.88 Å². The molecule has 0 radical (unpaired) electrons. The molecule has 2 heterocycles. The quantitative estimate of drug-likeness (QED) is 0.624. The molecule has 3 aromatic rings. The van der Waals surface area contributed by atoms with Crippen LogP contribution in [0.3, 0.4) is 0 Å². The number of aromatic amines is 1. The van der Waals surface area contributed by atoms with Crippen LogP contribution in [0.5, 0.6) is 11.5 Å². The van der Waals surface area contributed by atoms with Gasteiger partial charge in [0.2, 0.25) is 5.91 Å². The second kappa shape index (κ2) is 8.60. The summed E-state index contributed by atoms with van der Waals surface area (Å²) in [6.45, 7) is 0.824. The monoisotopic (exact) mass is 392 g/mol. The molecule has 1 saturated heterocycles. The number of H-pyrrole nitrogens is 1. The van der Waals surface area contributed by atoms with Crippen molar-refractivity contribution in [2.45, 2.75) is 38.1 Å². The van der Waals surface area contributed by atoms with E-state index in [0.717, 1.165) is 43.3 Å². The number of aromatic nitrogens is 1. The molecule has 1 aromatic heterocycles. The number of carbonyl (C=O) groups excluding carboxylic acids is 1. The molecule has 0 saturated carbocycles. The molecule has 1 aliphatic heterocycles. The number of aryl methyl sites for hydroxylation is 1. The smallest absolute Gasteiger partial charge is 0.223 e. The van der Waals surface area contributed by atoms with Gasteiger partial charge >= 0.3 is 0 Å². The standard InChI is InChI=1S/C24H28N2O3/c1-28-22-13-12-17(15-23(22)29-2)21-10-6-14-26(21)24(27)11-5-7-18-16-25-20-9-4-3-8-19(18)20/h3-4,8-9,12-13,15-16,21,25H,5-7,10-11,14H2,1-2H3. The van der Waals surface area contributed by atoms with Crippen molar-refractivity contribution in [3.8, 4) is 11.5 Å². The normalized spacial score (nSPS) is 16.3. The SMILES string of the molecule is COc1ccc(C2CCCN2C(=O)CCCc2c[nH]c3ccccc23)cc1OC. The summed E-state index contributed by atoms with van der Waals surface area (Å²) in [4.78, 5) is 18.3. The van der Waals surface area contributed by atoms with Crippen molar-refractivity contribution in [1.29, 1.82) is 0 Å². The number of rotatable bonds is 7. The summed E-state index contributed by atoms with van der Waals surface area (Å²) < 4.78 is 10.8. The molecule has 1 fully saturated rings. The van der Waals surface area contributed by atoms with Crippen LogP contribution in [-0.2, 0) is 11.2 Å². The Labute approximate surface area is 171 Å². The largest absolute Gasteiger partial charge is 0.493 e. The third kappa shape index (κ3) is 3.95. The third-order valence-electron chi connectivity index (χ3n) is 5.88. The number of methoxy groups -OCH3 is 2. The van der Waals surface area contributed by atoms with Crippen LogP contribution in [0.1, 0.15) is 42.9 Å². The first kappa shape index (κ1) is 19.4. The van der Waals surface area contributed by atoms with E-state index in [4.69, 9.17) is 9.47 Å². The highest BCUT2D eigenvalue weighted by Crippen LogP contribution is 2.37. The molecule has 5 nitrogen and oxygen atoms in total. The molecular formula is C24H28N2O3. The van der Waals surface area contributed by atoms with Crippen molar-refractivity contribution in [3.63, 3.8) is 0 Å². The van der Waals surface area contributed by atoms with E-state index in [-0.39, 0.29) is 11.9 Å². The van der Waals surface area contributed by atoms with Gasteiger partial charge in [-0.2, -0.15) is 0 Å². The minimum Gasteiger partial charge on any atom is -0.493 e. The number of ether oxygens (including phenoxy) is 2. The topological polar surface area (TPSA) is 54.6 Å². The molecule has 1 amide bonds. The predicted molar refractivity (Wildman–Crippen MR) is 114 cm³/mol. The predicted octanol–water partition coefficient (Wildman–Crippen LogP) is 4.87. The van der Waals surface area contributed by atoms with E-state index in [1.165, 1.54) is 10.9 Å². The molecule has 0 bridgehead atoms. The van der Waals surface area contributed by atoms with Crippen LogP contribution in [0.4, 0.5) is 0 Å². The lowest BCUT2D eigenvalue weighted by atomic mass is 10.0. The van der Waals surface area contributed by atoms with E-state index in [9.17, 15) is 4.79 Å². The second-order valence-electron chi connectivity index (χ2n) is 7.57. The molecule has 4 rings (SSSR count). The Bertz CT molecular complexity index is 995. The van der Waals surface area contributed by atoms with Gasteiger partial charge in [-0.25, -0.2) is 0 Å². The molecule has 152 valence electrons. The van der Waals surface area contributed by atoms with Gasteiger partial charge in [0.15, 0.2) is 11.5 Å². The zero-order chi connectivity index (χ0) is 20.2. The van der Waals surface area contributed by atoms with Crippen molar-refractivity contribution >= 4 is 16.8 Å². The zero-order valence-electron chi connectivity index (χ0n) is 17.1. The number of carbonyl (C=O) groups is 1. The summed E-state index contributed by atoms with van der Waals surface area (Å²) >= 11 is 0. The maximum absolute atomic E-state index is 13.0. The Balaban J connectivity index is 1.40. The van der Waals surface area contributed by atoms with Gasteiger partial charge in [0.05, 0.1) is 20.3 Å². The van der Waals surface area contributed by atoms with Crippen LogP contribution in [0.2, 0.25) is 0 Å². The number of fused-ring (bicyclic) bond motifs is 1. The Morgan fingerprint density at radius 2 is 1.97 bits per heavy atom. The molecule has 0 spiro atoms. The molecule has 5 heteroatoms. The van der Waals surface area contributed by atoms with E-state index in [1.807, 2.05) is 29.2 Å². The van der Waals surface area contributed by atoms with Crippen molar-refractivity contribution < 1.29 is 14.3 Å². The highest BCUT2D eigenvalue weighted by atomic mass is 16.5. The summed E-state index contributed by atoms with van der Waals surface area (Å²) in [6, 6.07) is 14.4. The van der Waals surface area contributed by atoms with Gasteiger partial charge in [0.25, 0.3) is 0 Å². The summed E-state index contributed by atoms with van der Waals surface area (Å²) in [5.41, 5.74) is 3.55. The number of hydrogen-bond donors (Lipinski definition) is 1. The number of nitrogens with zero attached hydrogens (tertiary/aromatic N) is 1. The van der Waals surface area contributed by atoms with Gasteiger partial charge in [0.1, 0.15) is 0 Å². The number of benzene rings is 2. The molecule has 1 unspecified atom stereocenters. The first-order valence-electron chi connectivity index (χ1n) is 10.3. The van der Waals surface area contributed by atoms with Crippen LogP contribution in [0.25, 0.3) is 10.9 Å². The van der Waals surface area contributed by atoms with Gasteiger partial charge in [0, 0.05) is 30.1 Å². The van der Waals surface area contributed by atoms with Gasteiger partial charge in [-0.15, -0.1) is 0 Å². The van der Waals surface area contributed by atoms with Crippen molar-refractivity contribution in [3.05, 3.63) is 59.8 Å². The average molecular weight is 392 g/mol. The maximum Gasteiger partial charge on any atom is 0.223 e. The second-order valence-corrected chi connectivity index (χ2v) is 7.57. The van der Waals surface area contributed by atoms with Crippen LogP contribution < -0.4 is 9.47 Å². The summed E-state index contributed by atoms with van der Waals surface area (Å²) in [5.74, 6) is 1.66. The first-order chi connectivity index (χ1) is 14.2. The van der Waals surface area contributed by atoms with Crippen LogP contribution in [0.15, 0.2) is 48.7 Å². The Morgan fingerprint density at radius 1 is 1.14 bits per heavy atom. The molecule has 29 heavy (non-hydrogen) atoms. The van der Waals surface area contributed by atoms with Crippen molar-refractivity contribution in [2.75, 3.05) is 20.8 Å². The molecule has 0 aliphatic carbocycles. The zero-order valence-corrected chi connectivity index (χ0v) is 17.1. The lowest BCUT2D eigenvalue weighted by Crippen LogP contribution is -2.30. The van der Waals surface area contributed by atoms with Crippen LogP contribution >= 0.6 is 0 Å². The van der Waals surface area contributed by atoms with Gasteiger partial charge in [-0.3, -0.25) is 4.79 Å². The summed E-state index contributed by atoms with van der Waals surface area (Å²) in [6.07, 6.45) is 6.43. The Hall–Kier alpha value is -2.95. The van der Waals surface area contributed by atoms with Gasteiger partial charge < -0.3 is 19.4 Å². The number of likely N-dealkylation sites (tertiary alicyclic amines) is 1. The minimum atomic E-state index is 0.121.